The Balaban J connectivity index is 2.64. The van der Waals surface area contributed by atoms with Crippen LogP contribution in [0.25, 0.3) is 0 Å². The van der Waals surface area contributed by atoms with Gasteiger partial charge in [-0.2, -0.15) is 0 Å². The largest absolute Gasteiger partial charge is 0.508 e. The van der Waals surface area contributed by atoms with Crippen molar-refractivity contribution in [1.82, 2.24) is 5.32 Å². The van der Waals surface area contributed by atoms with E-state index in [0.29, 0.717) is 25.8 Å². The van der Waals surface area contributed by atoms with Crippen molar-refractivity contribution in [3.63, 3.8) is 0 Å². The van der Waals surface area contributed by atoms with E-state index in [-0.39, 0.29) is 17.5 Å². The summed E-state index contributed by atoms with van der Waals surface area (Å²) in [7, 11) is 0. The van der Waals surface area contributed by atoms with Gasteiger partial charge in [0.25, 0.3) is 0 Å². The van der Waals surface area contributed by atoms with E-state index in [1.807, 2.05) is 13.8 Å². The van der Waals surface area contributed by atoms with Crippen molar-refractivity contribution in [2.75, 3.05) is 6.54 Å². The molecule has 1 amide bonds. The van der Waals surface area contributed by atoms with Gasteiger partial charge in [-0.05, 0) is 37.0 Å². The van der Waals surface area contributed by atoms with Crippen molar-refractivity contribution >= 4 is 11.7 Å². The number of hydrogen-bond acceptors (Lipinski definition) is 4. The lowest BCUT2D eigenvalue weighted by Gasteiger charge is -2.28. The number of nitrogens with one attached hydrogen (secondary N) is 1. The maximum atomic E-state index is 12.3. The van der Waals surface area contributed by atoms with E-state index in [0.717, 1.165) is 5.56 Å². The molecule has 0 unspecified atom stereocenters. The number of carbonyl (C=O) groups is 1. The molecule has 0 radical (unpaired) electrons. The Bertz CT molecular complexity index is 493. The summed E-state index contributed by atoms with van der Waals surface area (Å²) in [4.78, 5) is 12.3. The van der Waals surface area contributed by atoms with E-state index in [1.165, 1.54) is 0 Å². The highest BCUT2D eigenvalue weighted by Gasteiger charge is 2.39. The van der Waals surface area contributed by atoms with Gasteiger partial charge in [0.15, 0.2) is 5.84 Å². The SMILES string of the molecule is CCC(CC)(C(=O)NCCc1ccc(O)cc1)C(N)=NO. The van der Waals surface area contributed by atoms with E-state index in [9.17, 15) is 9.90 Å². The van der Waals surface area contributed by atoms with Gasteiger partial charge in [0.05, 0.1) is 0 Å². The summed E-state index contributed by atoms with van der Waals surface area (Å²) in [5.74, 6) is -0.0816. The number of carbonyl (C=O) groups excluding carboxylic acids is 1. The summed E-state index contributed by atoms with van der Waals surface area (Å²) in [5.41, 5.74) is 5.73. The minimum absolute atomic E-state index is 0.0605. The molecule has 0 aliphatic rings. The molecule has 0 spiro atoms. The second-order valence-corrected chi connectivity index (χ2v) is 4.95. The first kappa shape index (κ1) is 16.8. The number of amides is 1. The van der Waals surface area contributed by atoms with Crippen LogP contribution in [0.3, 0.4) is 0 Å². The van der Waals surface area contributed by atoms with Crippen LogP contribution in [-0.2, 0) is 11.2 Å². The number of phenols is 1. The van der Waals surface area contributed by atoms with E-state index < -0.39 is 5.41 Å². The molecular weight excluding hydrogens is 270 g/mol. The zero-order valence-corrected chi connectivity index (χ0v) is 12.5. The van der Waals surface area contributed by atoms with Gasteiger partial charge < -0.3 is 21.4 Å². The number of benzene rings is 1. The zero-order valence-electron chi connectivity index (χ0n) is 12.5. The smallest absolute Gasteiger partial charge is 0.233 e. The Kier molecular flexibility index (Phi) is 6.02. The van der Waals surface area contributed by atoms with Crippen molar-refractivity contribution in [2.45, 2.75) is 33.1 Å². The average molecular weight is 293 g/mol. The third-order valence-corrected chi connectivity index (χ3v) is 3.88. The molecule has 1 rings (SSSR count). The zero-order chi connectivity index (χ0) is 15.9. The molecule has 0 aromatic heterocycles. The van der Waals surface area contributed by atoms with Gasteiger partial charge >= 0.3 is 0 Å². The predicted molar refractivity (Wildman–Crippen MR) is 81.2 cm³/mol. The molecule has 21 heavy (non-hydrogen) atoms. The van der Waals surface area contributed by atoms with Crippen LogP contribution in [0.1, 0.15) is 32.3 Å². The summed E-state index contributed by atoms with van der Waals surface area (Å²) < 4.78 is 0. The molecule has 0 aliphatic carbocycles. The van der Waals surface area contributed by atoms with Crippen LogP contribution >= 0.6 is 0 Å². The van der Waals surface area contributed by atoms with E-state index >= 15 is 0 Å². The normalized spacial score (nSPS) is 12.2. The monoisotopic (exact) mass is 293 g/mol. The summed E-state index contributed by atoms with van der Waals surface area (Å²) >= 11 is 0. The van der Waals surface area contributed by atoms with Gasteiger partial charge in [-0.25, -0.2) is 0 Å². The Labute approximate surface area is 124 Å². The predicted octanol–water partition coefficient (Wildman–Crippen LogP) is 1.60. The summed E-state index contributed by atoms with van der Waals surface area (Å²) in [6.07, 6.45) is 1.57. The number of amidine groups is 1. The summed E-state index contributed by atoms with van der Waals surface area (Å²) in [6.45, 7) is 4.12. The lowest BCUT2D eigenvalue weighted by atomic mass is 9.80. The Hall–Kier alpha value is -2.24. The fourth-order valence-electron chi connectivity index (χ4n) is 2.30. The molecule has 1 aromatic rings. The third-order valence-electron chi connectivity index (χ3n) is 3.88. The maximum absolute atomic E-state index is 12.3. The van der Waals surface area contributed by atoms with Crippen LogP contribution in [0.15, 0.2) is 29.4 Å². The molecule has 0 fully saturated rings. The lowest BCUT2D eigenvalue weighted by Crippen LogP contribution is -2.49. The second kappa shape index (κ2) is 7.52. The quantitative estimate of drug-likeness (QED) is 0.265. The molecule has 6 nitrogen and oxygen atoms in total. The van der Waals surface area contributed by atoms with Crippen LogP contribution in [0.2, 0.25) is 0 Å². The summed E-state index contributed by atoms with van der Waals surface area (Å²) in [5, 5.41) is 23.9. The molecule has 0 atom stereocenters. The van der Waals surface area contributed by atoms with E-state index in [2.05, 4.69) is 10.5 Å². The van der Waals surface area contributed by atoms with Gasteiger partial charge in [-0.15, -0.1) is 0 Å². The fraction of sp³-hybridized carbons (Fsp3) is 0.467. The average Bonchev–Trinajstić information content (AvgIpc) is 2.50. The molecule has 0 bridgehead atoms. The number of nitrogens with two attached hydrogens (primary N) is 1. The first-order valence-corrected chi connectivity index (χ1v) is 7.04. The molecular formula is C15H23N3O3. The molecule has 116 valence electrons. The molecule has 0 aliphatic heterocycles. The van der Waals surface area contributed by atoms with E-state index in [1.54, 1.807) is 24.3 Å². The second-order valence-electron chi connectivity index (χ2n) is 4.95. The fourth-order valence-corrected chi connectivity index (χ4v) is 2.30. The highest BCUT2D eigenvalue weighted by atomic mass is 16.4. The van der Waals surface area contributed by atoms with Crippen molar-refractivity contribution in [1.29, 1.82) is 0 Å². The Morgan fingerprint density at radius 3 is 2.33 bits per heavy atom. The molecule has 6 heteroatoms. The van der Waals surface area contributed by atoms with Crippen LogP contribution in [0.5, 0.6) is 5.75 Å². The van der Waals surface area contributed by atoms with Gasteiger partial charge in [-0.3, -0.25) is 4.79 Å². The van der Waals surface area contributed by atoms with Crippen LogP contribution < -0.4 is 11.1 Å². The standard InChI is InChI=1S/C15H23N3O3/c1-3-15(4-2,13(16)18-21)14(20)17-10-9-11-5-7-12(19)8-6-11/h5-8,19,21H,3-4,9-10H2,1-2H3,(H2,16,18)(H,17,20). The first-order chi connectivity index (χ1) is 10.00. The highest BCUT2D eigenvalue weighted by Crippen LogP contribution is 2.27. The molecule has 0 saturated heterocycles. The molecule has 1 aromatic carbocycles. The van der Waals surface area contributed by atoms with E-state index in [4.69, 9.17) is 10.9 Å². The number of hydrogen-bond donors (Lipinski definition) is 4. The topological polar surface area (TPSA) is 108 Å². The number of oxime groups is 1. The Morgan fingerprint density at radius 2 is 1.86 bits per heavy atom. The molecule has 0 heterocycles. The van der Waals surface area contributed by atoms with Gasteiger partial charge in [0.1, 0.15) is 11.2 Å². The summed E-state index contributed by atoms with van der Waals surface area (Å²) in [6, 6.07) is 6.82. The Morgan fingerprint density at radius 1 is 1.29 bits per heavy atom. The lowest BCUT2D eigenvalue weighted by molar-refractivity contribution is -0.127. The van der Waals surface area contributed by atoms with Gasteiger partial charge in [0.2, 0.25) is 5.91 Å². The minimum Gasteiger partial charge on any atom is -0.508 e. The maximum Gasteiger partial charge on any atom is 0.233 e. The van der Waals surface area contributed by atoms with Crippen molar-refractivity contribution in [2.24, 2.45) is 16.3 Å². The third kappa shape index (κ3) is 3.87. The van der Waals surface area contributed by atoms with Crippen molar-refractivity contribution in [3.8, 4) is 5.75 Å². The van der Waals surface area contributed by atoms with Crippen molar-refractivity contribution in [3.05, 3.63) is 29.8 Å². The van der Waals surface area contributed by atoms with Crippen molar-refractivity contribution < 1.29 is 15.1 Å². The van der Waals surface area contributed by atoms with Crippen LogP contribution in [0, 0.1) is 5.41 Å². The number of phenolic OH excluding ortho intramolecular Hbond substituents is 1. The van der Waals surface area contributed by atoms with Gasteiger partial charge in [0, 0.05) is 6.54 Å². The number of nitrogens with zero attached hydrogens (tertiary/aromatic N) is 1. The highest BCUT2D eigenvalue weighted by molar-refractivity contribution is 6.06. The number of aromatic hydroxyl groups is 1. The minimum atomic E-state index is -0.969. The van der Waals surface area contributed by atoms with Crippen LogP contribution in [-0.4, -0.2) is 28.6 Å². The van der Waals surface area contributed by atoms with Gasteiger partial charge in [-0.1, -0.05) is 31.1 Å². The molecule has 5 N–H and O–H groups in total. The molecule has 0 saturated carbocycles. The number of rotatable bonds is 7. The first-order valence-electron chi connectivity index (χ1n) is 7.04. The van der Waals surface area contributed by atoms with Crippen LogP contribution in [0.4, 0.5) is 0 Å².